The summed E-state index contributed by atoms with van der Waals surface area (Å²) < 4.78 is 26.4. The van der Waals surface area contributed by atoms with Crippen molar-refractivity contribution in [2.45, 2.75) is 70.1 Å². The van der Waals surface area contributed by atoms with Gasteiger partial charge in [0.2, 0.25) is 0 Å². The molecule has 2 fully saturated rings. The van der Waals surface area contributed by atoms with Crippen molar-refractivity contribution in [3.8, 4) is 0 Å². The Morgan fingerprint density at radius 2 is 1.43 bits per heavy atom. The Morgan fingerprint density at radius 1 is 0.826 bits per heavy atom. The number of hydrogen-bond donors (Lipinski definition) is 0. The third kappa shape index (κ3) is 5.37. The van der Waals surface area contributed by atoms with Crippen molar-refractivity contribution in [2.24, 2.45) is 11.8 Å². The summed E-state index contributed by atoms with van der Waals surface area (Å²) in [7, 11) is 0. The molecule has 0 atom stereocenters. The topological polar surface area (TPSA) is 0 Å². The van der Waals surface area contributed by atoms with Crippen LogP contribution in [0, 0.1) is 29.9 Å². The third-order valence-electron chi connectivity index (χ3n) is 5.80. The molecule has 2 saturated carbocycles. The molecule has 0 amide bonds. The van der Waals surface area contributed by atoms with E-state index in [-0.39, 0.29) is 20.4 Å². The van der Waals surface area contributed by atoms with E-state index in [1.165, 1.54) is 63.5 Å². The van der Waals surface area contributed by atoms with Gasteiger partial charge in [0, 0.05) is 20.4 Å². The zero-order valence-electron chi connectivity index (χ0n) is 13.7. The molecule has 0 N–H and O–H groups in total. The normalized spacial score (nSPS) is 25.8. The van der Waals surface area contributed by atoms with E-state index in [1.807, 2.05) is 0 Å². The smallest absolute Gasteiger partial charge is 0.159 e. The third-order valence-corrected chi connectivity index (χ3v) is 5.80. The minimum absolute atomic E-state index is 0. The second-order valence-corrected chi connectivity index (χ2v) is 7.28. The van der Waals surface area contributed by atoms with Gasteiger partial charge in [-0.25, -0.2) is 8.78 Å². The van der Waals surface area contributed by atoms with Gasteiger partial charge >= 0.3 is 0 Å². The molecular formula is C20H27F2Re-. The van der Waals surface area contributed by atoms with Crippen molar-refractivity contribution >= 4 is 0 Å². The molecule has 1 radical (unpaired) electrons. The van der Waals surface area contributed by atoms with E-state index in [1.54, 1.807) is 6.07 Å². The summed E-state index contributed by atoms with van der Waals surface area (Å²) in [6.45, 7) is 0. The second kappa shape index (κ2) is 9.28. The van der Waals surface area contributed by atoms with E-state index >= 15 is 0 Å². The minimum Gasteiger partial charge on any atom is -0.328 e. The number of rotatable bonds is 4. The minimum atomic E-state index is -0.734. The molecule has 0 heterocycles. The van der Waals surface area contributed by atoms with Gasteiger partial charge in [-0.1, -0.05) is 31.7 Å². The maximum atomic E-state index is 13.4. The van der Waals surface area contributed by atoms with Crippen molar-refractivity contribution in [1.82, 2.24) is 0 Å². The van der Waals surface area contributed by atoms with Crippen molar-refractivity contribution in [1.29, 1.82) is 0 Å². The fraction of sp³-hybridized carbons (Fsp3) is 0.650. The first-order valence-corrected chi connectivity index (χ1v) is 8.99. The molecule has 2 aliphatic rings. The fourth-order valence-corrected chi connectivity index (χ4v) is 4.31. The average molecular weight is 492 g/mol. The molecule has 3 heteroatoms. The Hall–Kier alpha value is -0.258. The largest absolute Gasteiger partial charge is 0.328 e. The Labute approximate surface area is 153 Å². The van der Waals surface area contributed by atoms with Crippen molar-refractivity contribution in [3.05, 3.63) is 41.8 Å². The second-order valence-electron chi connectivity index (χ2n) is 7.28. The van der Waals surface area contributed by atoms with Crippen LogP contribution in [0.2, 0.25) is 0 Å². The molecular weight excluding hydrogens is 464 g/mol. The molecule has 129 valence electrons. The maximum absolute atomic E-state index is 13.4. The van der Waals surface area contributed by atoms with Crippen LogP contribution in [0.1, 0.15) is 75.7 Å². The summed E-state index contributed by atoms with van der Waals surface area (Å²) >= 11 is 0. The van der Waals surface area contributed by atoms with Gasteiger partial charge in [-0.2, -0.15) is 12.8 Å². The van der Waals surface area contributed by atoms with Crippen molar-refractivity contribution in [2.75, 3.05) is 0 Å². The molecule has 0 nitrogen and oxygen atoms in total. The molecule has 0 spiro atoms. The predicted molar refractivity (Wildman–Crippen MR) is 86.5 cm³/mol. The molecule has 0 aromatic heterocycles. The van der Waals surface area contributed by atoms with Gasteiger partial charge in [0.25, 0.3) is 0 Å². The summed E-state index contributed by atoms with van der Waals surface area (Å²) in [5.41, 5.74) is 0.986. The molecule has 0 bridgehead atoms. The Bertz CT molecular complexity index is 475. The average Bonchev–Trinajstić information content (AvgIpc) is 2.57. The van der Waals surface area contributed by atoms with Gasteiger partial charge in [-0.3, -0.25) is 0 Å². The fourth-order valence-electron chi connectivity index (χ4n) is 4.31. The summed E-state index contributed by atoms with van der Waals surface area (Å²) in [6, 6.07) is 4.44. The van der Waals surface area contributed by atoms with Gasteiger partial charge in [0.15, 0.2) is 11.6 Å². The van der Waals surface area contributed by atoms with Crippen LogP contribution in [0.5, 0.6) is 0 Å². The molecule has 0 unspecified atom stereocenters. The monoisotopic (exact) mass is 492 g/mol. The SMILES string of the molecule is Fc1ccc(C2CCC(CCC3CC[CH-]CC3)CC2)cc1F.[Re]. The van der Waals surface area contributed by atoms with E-state index in [2.05, 4.69) is 6.42 Å². The van der Waals surface area contributed by atoms with Gasteiger partial charge in [-0.15, -0.1) is 0 Å². The van der Waals surface area contributed by atoms with E-state index in [0.29, 0.717) is 5.92 Å². The first-order chi connectivity index (χ1) is 10.7. The summed E-state index contributed by atoms with van der Waals surface area (Å²) in [4.78, 5) is 0. The molecule has 0 aliphatic heterocycles. The van der Waals surface area contributed by atoms with Crippen LogP contribution in [0.4, 0.5) is 8.78 Å². The number of hydrogen-bond acceptors (Lipinski definition) is 0. The van der Waals surface area contributed by atoms with Crippen molar-refractivity contribution in [3.63, 3.8) is 0 Å². The Kier molecular flexibility index (Phi) is 7.70. The van der Waals surface area contributed by atoms with Gasteiger partial charge in [0.1, 0.15) is 0 Å². The van der Waals surface area contributed by atoms with E-state index in [9.17, 15) is 8.78 Å². The Balaban J connectivity index is 0.00000192. The summed E-state index contributed by atoms with van der Waals surface area (Å²) in [6.07, 6.45) is 15.4. The predicted octanol–water partition coefficient (Wildman–Crippen LogP) is 6.41. The quantitative estimate of drug-likeness (QED) is 0.427. The van der Waals surface area contributed by atoms with E-state index < -0.39 is 11.6 Å². The summed E-state index contributed by atoms with van der Waals surface area (Å²) in [5, 5.41) is 0. The maximum Gasteiger partial charge on any atom is 0.159 e. The summed E-state index contributed by atoms with van der Waals surface area (Å²) in [5.74, 6) is 0.799. The van der Waals surface area contributed by atoms with Crippen LogP contribution in [-0.2, 0) is 20.4 Å². The van der Waals surface area contributed by atoms with Gasteiger partial charge in [-0.05, 0) is 61.1 Å². The van der Waals surface area contributed by atoms with E-state index in [4.69, 9.17) is 0 Å². The van der Waals surface area contributed by atoms with Gasteiger partial charge < -0.3 is 6.42 Å². The number of halogens is 2. The van der Waals surface area contributed by atoms with Crippen LogP contribution in [-0.4, -0.2) is 0 Å². The molecule has 1 aromatic rings. The van der Waals surface area contributed by atoms with Crippen LogP contribution in [0.3, 0.4) is 0 Å². The molecule has 0 saturated heterocycles. The molecule has 2 aliphatic carbocycles. The van der Waals surface area contributed by atoms with E-state index in [0.717, 1.165) is 30.2 Å². The number of benzene rings is 1. The van der Waals surface area contributed by atoms with Gasteiger partial charge in [0.05, 0.1) is 0 Å². The van der Waals surface area contributed by atoms with Crippen LogP contribution in [0.15, 0.2) is 18.2 Å². The standard InChI is InChI=1S/C20H27F2.Re/c21-19-13-12-18(14-20(19)22)17-10-8-16(9-11-17)7-6-15-4-2-1-3-5-15;/h1,12-17H,2-11H2;/q-1;. The van der Waals surface area contributed by atoms with Crippen LogP contribution in [0.25, 0.3) is 0 Å². The molecule has 3 rings (SSSR count). The zero-order valence-corrected chi connectivity index (χ0v) is 16.5. The van der Waals surface area contributed by atoms with Crippen molar-refractivity contribution < 1.29 is 29.2 Å². The van der Waals surface area contributed by atoms with Crippen LogP contribution < -0.4 is 0 Å². The first-order valence-electron chi connectivity index (χ1n) is 8.99. The first kappa shape index (κ1) is 19.1. The Morgan fingerprint density at radius 3 is 2.04 bits per heavy atom. The zero-order chi connectivity index (χ0) is 15.4. The molecule has 23 heavy (non-hydrogen) atoms. The van der Waals surface area contributed by atoms with Crippen LogP contribution >= 0.6 is 0 Å². The molecule has 1 aromatic carbocycles.